The van der Waals surface area contributed by atoms with Gasteiger partial charge in [0.2, 0.25) is 11.8 Å². The standard InChI is InChI=1S/C30H26F2N4O4/c1-19-6-3-4-9-25(19)29(30(39)33-18-21-10-12-22(31)13-11-21)36(24-8-5-7-23(32)17-24)28(38)15-14-27(37)34-26-16-20(2)40-35-26/h3-17,29H,18H2,1-2H3,(H,33,39)(H,34,35,37). The molecule has 0 bridgehead atoms. The summed E-state index contributed by atoms with van der Waals surface area (Å²) < 4.78 is 32.6. The molecule has 0 fully saturated rings. The molecule has 204 valence electrons. The zero-order valence-electron chi connectivity index (χ0n) is 21.7. The minimum absolute atomic E-state index is 0.0576. The van der Waals surface area contributed by atoms with Crippen LogP contribution in [0.15, 0.2) is 95.5 Å². The number of aromatic nitrogens is 1. The number of anilines is 2. The molecule has 10 heteroatoms. The summed E-state index contributed by atoms with van der Waals surface area (Å²) in [4.78, 5) is 40.9. The van der Waals surface area contributed by atoms with Crippen LogP contribution in [0.5, 0.6) is 0 Å². The zero-order valence-corrected chi connectivity index (χ0v) is 21.7. The van der Waals surface area contributed by atoms with E-state index in [-0.39, 0.29) is 18.1 Å². The predicted octanol–water partition coefficient (Wildman–Crippen LogP) is 5.16. The lowest BCUT2D eigenvalue weighted by molar-refractivity contribution is -0.125. The lowest BCUT2D eigenvalue weighted by Crippen LogP contribution is -2.43. The number of aryl methyl sites for hydroxylation is 2. The number of nitrogens with zero attached hydrogens (tertiary/aromatic N) is 2. The fourth-order valence-corrected chi connectivity index (χ4v) is 4.03. The molecule has 1 aromatic heterocycles. The maximum Gasteiger partial charge on any atom is 0.252 e. The molecule has 1 unspecified atom stereocenters. The number of hydrogen-bond donors (Lipinski definition) is 2. The van der Waals surface area contributed by atoms with Crippen molar-refractivity contribution in [1.82, 2.24) is 10.5 Å². The van der Waals surface area contributed by atoms with E-state index in [1.165, 1.54) is 48.5 Å². The fourth-order valence-electron chi connectivity index (χ4n) is 4.03. The molecule has 1 atom stereocenters. The highest BCUT2D eigenvalue weighted by atomic mass is 19.1. The number of rotatable bonds is 9. The van der Waals surface area contributed by atoms with Crippen molar-refractivity contribution in [1.29, 1.82) is 0 Å². The normalized spacial score (nSPS) is 11.7. The molecule has 0 radical (unpaired) electrons. The molecule has 3 amide bonds. The first-order valence-corrected chi connectivity index (χ1v) is 12.3. The van der Waals surface area contributed by atoms with Crippen LogP contribution < -0.4 is 15.5 Å². The van der Waals surface area contributed by atoms with Crippen LogP contribution >= 0.6 is 0 Å². The van der Waals surface area contributed by atoms with Crippen molar-refractivity contribution in [2.75, 3.05) is 10.2 Å². The van der Waals surface area contributed by atoms with E-state index >= 15 is 0 Å². The summed E-state index contributed by atoms with van der Waals surface area (Å²) in [7, 11) is 0. The number of carbonyl (C=O) groups is 3. The Kier molecular flexibility index (Phi) is 8.80. The molecular formula is C30H26F2N4O4. The van der Waals surface area contributed by atoms with E-state index in [4.69, 9.17) is 4.52 Å². The highest BCUT2D eigenvalue weighted by Gasteiger charge is 2.33. The first-order chi connectivity index (χ1) is 19.2. The minimum atomic E-state index is -1.23. The molecule has 0 saturated carbocycles. The first-order valence-electron chi connectivity index (χ1n) is 12.3. The van der Waals surface area contributed by atoms with Gasteiger partial charge in [0.05, 0.1) is 0 Å². The van der Waals surface area contributed by atoms with Gasteiger partial charge in [-0.1, -0.05) is 47.6 Å². The highest BCUT2D eigenvalue weighted by Crippen LogP contribution is 2.31. The average Bonchev–Trinajstić information content (AvgIpc) is 3.34. The van der Waals surface area contributed by atoms with Crippen molar-refractivity contribution in [3.8, 4) is 0 Å². The van der Waals surface area contributed by atoms with Crippen molar-refractivity contribution < 1.29 is 27.7 Å². The molecule has 0 saturated heterocycles. The van der Waals surface area contributed by atoms with Gasteiger partial charge in [-0.25, -0.2) is 8.78 Å². The lowest BCUT2D eigenvalue weighted by Gasteiger charge is -2.31. The van der Waals surface area contributed by atoms with Gasteiger partial charge in [0.25, 0.3) is 5.91 Å². The van der Waals surface area contributed by atoms with E-state index in [9.17, 15) is 23.2 Å². The van der Waals surface area contributed by atoms with Crippen LogP contribution in [0.1, 0.15) is 28.5 Å². The quantitative estimate of drug-likeness (QED) is 0.284. The van der Waals surface area contributed by atoms with Crippen molar-refractivity contribution in [3.63, 3.8) is 0 Å². The topological polar surface area (TPSA) is 105 Å². The molecule has 4 aromatic rings. The van der Waals surface area contributed by atoms with Crippen LogP contribution in [-0.2, 0) is 20.9 Å². The summed E-state index contributed by atoms with van der Waals surface area (Å²) >= 11 is 0. The maximum absolute atomic E-state index is 14.3. The second-order valence-corrected chi connectivity index (χ2v) is 8.94. The van der Waals surface area contributed by atoms with Gasteiger partial charge in [-0.15, -0.1) is 0 Å². The monoisotopic (exact) mass is 544 g/mol. The molecule has 0 spiro atoms. The second-order valence-electron chi connectivity index (χ2n) is 8.94. The second kappa shape index (κ2) is 12.6. The number of amides is 3. The molecule has 4 rings (SSSR count). The molecule has 0 aliphatic rings. The van der Waals surface area contributed by atoms with E-state index < -0.39 is 35.4 Å². The van der Waals surface area contributed by atoms with Crippen molar-refractivity contribution >= 4 is 29.2 Å². The third kappa shape index (κ3) is 7.04. The van der Waals surface area contributed by atoms with Crippen LogP contribution in [0.3, 0.4) is 0 Å². The first kappa shape index (κ1) is 27.9. The molecule has 40 heavy (non-hydrogen) atoms. The Hall–Kier alpha value is -5.12. The smallest absolute Gasteiger partial charge is 0.252 e. The van der Waals surface area contributed by atoms with Gasteiger partial charge in [0.1, 0.15) is 23.4 Å². The molecule has 2 N–H and O–H groups in total. The van der Waals surface area contributed by atoms with E-state index in [1.807, 2.05) is 0 Å². The van der Waals surface area contributed by atoms with E-state index in [0.29, 0.717) is 22.5 Å². The highest BCUT2D eigenvalue weighted by molar-refractivity contribution is 6.10. The van der Waals surface area contributed by atoms with Gasteiger partial charge in [-0.05, 0) is 60.9 Å². The Labute approximate surface area is 229 Å². The van der Waals surface area contributed by atoms with Crippen LogP contribution in [0.4, 0.5) is 20.3 Å². The largest absolute Gasteiger partial charge is 0.360 e. The molecule has 0 aliphatic carbocycles. The van der Waals surface area contributed by atoms with Gasteiger partial charge in [0.15, 0.2) is 5.82 Å². The van der Waals surface area contributed by atoms with E-state index in [2.05, 4.69) is 15.8 Å². The molecule has 1 heterocycles. The molecular weight excluding hydrogens is 518 g/mol. The number of nitrogens with one attached hydrogen (secondary N) is 2. The Morgan fingerprint density at radius 3 is 2.35 bits per heavy atom. The van der Waals surface area contributed by atoms with Crippen molar-refractivity contribution in [3.05, 3.63) is 125 Å². The summed E-state index contributed by atoms with van der Waals surface area (Å²) in [5.41, 5.74) is 1.95. The summed E-state index contributed by atoms with van der Waals surface area (Å²) in [6.07, 6.45) is 1.98. The summed E-state index contributed by atoms with van der Waals surface area (Å²) in [6, 6.07) is 18.1. The summed E-state index contributed by atoms with van der Waals surface area (Å²) in [5, 5.41) is 8.94. The van der Waals surface area contributed by atoms with Crippen LogP contribution in [0.2, 0.25) is 0 Å². The Morgan fingerprint density at radius 1 is 0.925 bits per heavy atom. The zero-order chi connectivity index (χ0) is 28.6. The predicted molar refractivity (Wildman–Crippen MR) is 145 cm³/mol. The average molecular weight is 545 g/mol. The third-order valence-corrected chi connectivity index (χ3v) is 5.95. The lowest BCUT2D eigenvalue weighted by atomic mass is 9.98. The number of halogens is 2. The third-order valence-electron chi connectivity index (χ3n) is 5.95. The van der Waals surface area contributed by atoms with Gasteiger partial charge < -0.3 is 15.2 Å². The van der Waals surface area contributed by atoms with Gasteiger partial charge in [-0.2, -0.15) is 0 Å². The number of benzene rings is 3. The minimum Gasteiger partial charge on any atom is -0.360 e. The van der Waals surface area contributed by atoms with Crippen molar-refractivity contribution in [2.24, 2.45) is 0 Å². The van der Waals surface area contributed by atoms with Crippen molar-refractivity contribution in [2.45, 2.75) is 26.4 Å². The van der Waals surface area contributed by atoms with Crippen LogP contribution in [-0.4, -0.2) is 22.9 Å². The summed E-state index contributed by atoms with van der Waals surface area (Å²) in [5.74, 6) is -2.35. The van der Waals surface area contributed by atoms with Gasteiger partial charge in [-0.3, -0.25) is 19.3 Å². The fraction of sp³-hybridized carbons (Fsp3) is 0.133. The van der Waals surface area contributed by atoms with Crippen LogP contribution in [0.25, 0.3) is 0 Å². The Balaban J connectivity index is 1.69. The SMILES string of the molecule is Cc1cc(NC(=O)C=CC(=O)N(c2cccc(F)c2)C(C(=O)NCc2ccc(F)cc2)c2ccccc2C)no1. The number of hydrogen-bond acceptors (Lipinski definition) is 5. The van der Waals surface area contributed by atoms with E-state index in [0.717, 1.165) is 23.1 Å². The molecule has 8 nitrogen and oxygen atoms in total. The summed E-state index contributed by atoms with van der Waals surface area (Å²) in [6.45, 7) is 3.50. The Bertz CT molecular complexity index is 1550. The molecule has 3 aromatic carbocycles. The molecule has 0 aliphatic heterocycles. The van der Waals surface area contributed by atoms with Crippen LogP contribution in [0, 0.1) is 25.5 Å². The van der Waals surface area contributed by atoms with E-state index in [1.54, 1.807) is 38.1 Å². The Morgan fingerprint density at radius 2 is 1.68 bits per heavy atom. The van der Waals surface area contributed by atoms with Gasteiger partial charge >= 0.3 is 0 Å². The number of carbonyl (C=O) groups excluding carboxylic acids is 3. The van der Waals surface area contributed by atoms with Gasteiger partial charge in [0, 0.05) is 30.5 Å². The maximum atomic E-state index is 14.3.